The van der Waals surface area contributed by atoms with Crippen molar-refractivity contribution in [2.45, 2.75) is 32.9 Å². The Morgan fingerprint density at radius 1 is 1.44 bits per heavy atom. The highest BCUT2D eigenvalue weighted by molar-refractivity contribution is 7.10. The second-order valence-corrected chi connectivity index (χ2v) is 5.13. The van der Waals surface area contributed by atoms with E-state index in [2.05, 4.69) is 30.6 Å². The van der Waals surface area contributed by atoms with Crippen LogP contribution in [0.5, 0.6) is 0 Å². The summed E-state index contributed by atoms with van der Waals surface area (Å²) in [6.45, 7) is 6.11. The summed E-state index contributed by atoms with van der Waals surface area (Å²) in [6.07, 6.45) is 0. The third kappa shape index (κ3) is 3.32. The quantitative estimate of drug-likeness (QED) is 0.805. The van der Waals surface area contributed by atoms with E-state index >= 15 is 0 Å². The molecule has 0 amide bonds. The topological polar surface area (TPSA) is 38.3 Å². The summed E-state index contributed by atoms with van der Waals surface area (Å²) in [5.74, 6) is 0.216. The van der Waals surface area contributed by atoms with E-state index in [9.17, 15) is 4.79 Å². The molecule has 16 heavy (non-hydrogen) atoms. The molecule has 0 saturated heterocycles. The summed E-state index contributed by atoms with van der Waals surface area (Å²) in [4.78, 5) is 12.6. The predicted molar refractivity (Wildman–Crippen MR) is 66.5 cm³/mol. The summed E-state index contributed by atoms with van der Waals surface area (Å²) >= 11 is 1.71. The van der Waals surface area contributed by atoms with Gasteiger partial charge in [0.25, 0.3) is 0 Å². The van der Waals surface area contributed by atoms with Gasteiger partial charge in [-0.05, 0) is 24.3 Å². The van der Waals surface area contributed by atoms with E-state index in [4.69, 9.17) is 4.74 Å². The van der Waals surface area contributed by atoms with Gasteiger partial charge in [-0.25, -0.2) is 0 Å². The van der Waals surface area contributed by atoms with E-state index in [0.717, 1.165) is 0 Å². The van der Waals surface area contributed by atoms with Gasteiger partial charge in [0.2, 0.25) is 0 Å². The van der Waals surface area contributed by atoms with Gasteiger partial charge in [-0.1, -0.05) is 19.9 Å². The third-order valence-corrected chi connectivity index (χ3v) is 3.46. The number of hydrogen-bond donors (Lipinski definition) is 1. The van der Waals surface area contributed by atoms with Gasteiger partial charge < -0.3 is 4.74 Å². The number of esters is 1. The lowest BCUT2D eigenvalue weighted by Gasteiger charge is -2.24. The average molecular weight is 241 g/mol. The summed E-state index contributed by atoms with van der Waals surface area (Å²) < 4.78 is 4.71. The highest BCUT2D eigenvalue weighted by atomic mass is 32.1. The van der Waals surface area contributed by atoms with E-state index in [0.29, 0.717) is 5.92 Å². The summed E-state index contributed by atoms with van der Waals surface area (Å²) in [5.41, 5.74) is 0. The summed E-state index contributed by atoms with van der Waals surface area (Å²) in [7, 11) is 1.41. The number of ether oxygens (including phenoxy) is 1. The van der Waals surface area contributed by atoms with Gasteiger partial charge in [-0.15, -0.1) is 11.3 Å². The van der Waals surface area contributed by atoms with Crippen LogP contribution in [0.1, 0.15) is 31.7 Å². The standard InChI is InChI=1S/C12H19NO2S/c1-8(2)11(10-6-5-7-16-10)13-9(3)12(14)15-4/h5-9,11,13H,1-4H3/t9-,11?/m0/s1. The van der Waals surface area contributed by atoms with E-state index in [1.54, 1.807) is 11.3 Å². The molecule has 1 aromatic rings. The lowest BCUT2D eigenvalue weighted by atomic mass is 10.0. The van der Waals surface area contributed by atoms with Crippen molar-refractivity contribution in [2.24, 2.45) is 5.92 Å². The first kappa shape index (κ1) is 13.2. The molecule has 1 heterocycles. The monoisotopic (exact) mass is 241 g/mol. The molecule has 2 atom stereocenters. The lowest BCUT2D eigenvalue weighted by Crippen LogP contribution is -2.39. The van der Waals surface area contributed by atoms with Crippen molar-refractivity contribution in [1.29, 1.82) is 0 Å². The van der Waals surface area contributed by atoms with Crippen molar-refractivity contribution in [3.8, 4) is 0 Å². The number of thiophene rings is 1. The molecule has 0 radical (unpaired) electrons. The van der Waals surface area contributed by atoms with Crippen LogP contribution in [0, 0.1) is 5.92 Å². The second kappa shape index (κ2) is 6.01. The van der Waals surface area contributed by atoms with Gasteiger partial charge in [-0.3, -0.25) is 10.1 Å². The molecular weight excluding hydrogens is 222 g/mol. The first-order valence-electron chi connectivity index (χ1n) is 5.43. The minimum Gasteiger partial charge on any atom is -0.468 e. The van der Waals surface area contributed by atoms with Crippen LogP contribution in [0.2, 0.25) is 0 Å². The van der Waals surface area contributed by atoms with Crippen molar-refractivity contribution >= 4 is 17.3 Å². The van der Waals surface area contributed by atoms with Gasteiger partial charge in [0.1, 0.15) is 6.04 Å². The average Bonchev–Trinajstić information content (AvgIpc) is 2.76. The Balaban J connectivity index is 2.70. The lowest BCUT2D eigenvalue weighted by molar-refractivity contribution is -0.142. The highest BCUT2D eigenvalue weighted by Gasteiger charge is 2.22. The maximum atomic E-state index is 11.4. The Morgan fingerprint density at radius 2 is 2.12 bits per heavy atom. The molecule has 1 unspecified atom stereocenters. The van der Waals surface area contributed by atoms with Crippen molar-refractivity contribution in [3.05, 3.63) is 22.4 Å². The van der Waals surface area contributed by atoms with Crippen molar-refractivity contribution in [1.82, 2.24) is 5.32 Å². The maximum Gasteiger partial charge on any atom is 0.322 e. The van der Waals surface area contributed by atoms with Gasteiger partial charge in [-0.2, -0.15) is 0 Å². The predicted octanol–water partition coefficient (Wildman–Crippen LogP) is 2.60. The van der Waals surface area contributed by atoms with Crippen LogP contribution in [0.4, 0.5) is 0 Å². The first-order chi connectivity index (χ1) is 7.56. The van der Waals surface area contributed by atoms with Crippen molar-refractivity contribution in [3.63, 3.8) is 0 Å². The molecule has 1 N–H and O–H groups in total. The molecule has 0 fully saturated rings. The number of hydrogen-bond acceptors (Lipinski definition) is 4. The molecule has 4 heteroatoms. The van der Waals surface area contributed by atoms with E-state index < -0.39 is 0 Å². The van der Waals surface area contributed by atoms with Crippen LogP contribution in [-0.4, -0.2) is 19.1 Å². The number of nitrogens with one attached hydrogen (secondary N) is 1. The minimum atomic E-state index is -0.278. The molecule has 0 aliphatic carbocycles. The van der Waals surface area contributed by atoms with Gasteiger partial charge in [0.15, 0.2) is 0 Å². The van der Waals surface area contributed by atoms with E-state index in [-0.39, 0.29) is 18.1 Å². The number of rotatable bonds is 5. The molecule has 1 aromatic heterocycles. The second-order valence-electron chi connectivity index (χ2n) is 4.15. The van der Waals surface area contributed by atoms with Crippen molar-refractivity contribution in [2.75, 3.05) is 7.11 Å². The van der Waals surface area contributed by atoms with E-state index in [1.807, 2.05) is 13.0 Å². The van der Waals surface area contributed by atoms with Crippen LogP contribution in [-0.2, 0) is 9.53 Å². The van der Waals surface area contributed by atoms with Crippen LogP contribution in [0.3, 0.4) is 0 Å². The molecule has 0 bridgehead atoms. The molecule has 0 saturated carbocycles. The Labute approximate surface area is 101 Å². The molecule has 1 rings (SSSR count). The fraction of sp³-hybridized carbons (Fsp3) is 0.583. The zero-order valence-corrected chi connectivity index (χ0v) is 11.0. The van der Waals surface area contributed by atoms with Crippen LogP contribution >= 0.6 is 11.3 Å². The maximum absolute atomic E-state index is 11.4. The largest absolute Gasteiger partial charge is 0.468 e. The highest BCUT2D eigenvalue weighted by Crippen LogP contribution is 2.26. The number of carbonyl (C=O) groups excluding carboxylic acids is 1. The number of carbonyl (C=O) groups is 1. The Bertz CT molecular complexity index is 322. The van der Waals surface area contributed by atoms with Gasteiger partial charge in [0.05, 0.1) is 7.11 Å². The van der Waals surface area contributed by atoms with E-state index in [1.165, 1.54) is 12.0 Å². The van der Waals surface area contributed by atoms with Gasteiger partial charge in [0, 0.05) is 10.9 Å². The third-order valence-electron chi connectivity index (χ3n) is 2.50. The zero-order chi connectivity index (χ0) is 12.1. The fourth-order valence-electron chi connectivity index (χ4n) is 1.59. The van der Waals surface area contributed by atoms with Crippen LogP contribution in [0.15, 0.2) is 17.5 Å². The fourth-order valence-corrected chi connectivity index (χ4v) is 2.54. The molecule has 0 aliphatic rings. The Kier molecular flexibility index (Phi) is 4.96. The first-order valence-corrected chi connectivity index (χ1v) is 6.31. The molecular formula is C12H19NO2S. The van der Waals surface area contributed by atoms with Crippen molar-refractivity contribution < 1.29 is 9.53 Å². The number of methoxy groups -OCH3 is 1. The van der Waals surface area contributed by atoms with Crippen LogP contribution in [0.25, 0.3) is 0 Å². The Hall–Kier alpha value is -0.870. The zero-order valence-electron chi connectivity index (χ0n) is 10.2. The smallest absolute Gasteiger partial charge is 0.322 e. The SMILES string of the molecule is COC(=O)[C@H](C)NC(c1cccs1)C(C)C. The molecule has 90 valence electrons. The molecule has 0 aromatic carbocycles. The minimum absolute atomic E-state index is 0.203. The molecule has 0 aliphatic heterocycles. The molecule has 0 spiro atoms. The summed E-state index contributed by atoms with van der Waals surface area (Å²) in [5, 5.41) is 5.36. The van der Waals surface area contributed by atoms with Crippen LogP contribution < -0.4 is 5.32 Å². The Morgan fingerprint density at radius 3 is 2.56 bits per heavy atom. The molecule has 3 nitrogen and oxygen atoms in total. The van der Waals surface area contributed by atoms with Gasteiger partial charge >= 0.3 is 5.97 Å². The summed E-state index contributed by atoms with van der Waals surface area (Å²) in [6, 6.07) is 4.04. The normalized spacial score (nSPS) is 14.8.